The maximum absolute atomic E-state index is 6.18. The zero-order chi connectivity index (χ0) is 18.4. The molecular weight excluding hydrogens is 375 g/mol. The second-order valence-corrected chi connectivity index (χ2v) is 6.07. The number of aromatic amines is 1. The Balaban J connectivity index is 1.75. The van der Waals surface area contributed by atoms with E-state index in [1.807, 2.05) is 31.2 Å². The lowest BCUT2D eigenvalue weighted by atomic mass is 10.2. The van der Waals surface area contributed by atoms with Crippen LogP contribution in [0.2, 0.25) is 10.0 Å². The van der Waals surface area contributed by atoms with Crippen molar-refractivity contribution in [2.45, 2.75) is 13.5 Å². The highest BCUT2D eigenvalue weighted by atomic mass is 35.5. The number of hydrogen-bond donors (Lipinski definition) is 1. The fourth-order valence-corrected chi connectivity index (χ4v) is 2.65. The van der Waals surface area contributed by atoms with Crippen LogP contribution in [0.1, 0.15) is 18.1 Å². The molecule has 6 nitrogen and oxygen atoms in total. The monoisotopic (exact) mass is 390 g/mol. The van der Waals surface area contributed by atoms with Gasteiger partial charge in [-0.25, -0.2) is 10.1 Å². The molecule has 0 spiro atoms. The van der Waals surface area contributed by atoms with Crippen molar-refractivity contribution in [2.75, 3.05) is 6.61 Å². The molecule has 8 heteroatoms. The third-order valence-electron chi connectivity index (χ3n) is 3.40. The molecule has 26 heavy (non-hydrogen) atoms. The molecule has 0 aliphatic rings. The van der Waals surface area contributed by atoms with Crippen LogP contribution in [0.15, 0.2) is 47.7 Å². The number of nitrogens with zero attached hydrogens (tertiary/aromatic N) is 3. The molecule has 134 valence electrons. The van der Waals surface area contributed by atoms with Crippen LogP contribution in [-0.2, 0) is 6.61 Å². The molecule has 0 atom stereocenters. The fourth-order valence-electron chi connectivity index (χ4n) is 2.18. The first-order chi connectivity index (χ1) is 12.7. The summed E-state index contributed by atoms with van der Waals surface area (Å²) in [6.07, 6.45) is 3.07. The van der Waals surface area contributed by atoms with Crippen molar-refractivity contribution < 1.29 is 9.47 Å². The van der Waals surface area contributed by atoms with Gasteiger partial charge in [-0.15, -0.1) is 0 Å². The normalized spacial score (nSPS) is 11.0. The van der Waals surface area contributed by atoms with Gasteiger partial charge in [-0.05, 0) is 42.8 Å². The van der Waals surface area contributed by atoms with Gasteiger partial charge in [0.15, 0.2) is 11.5 Å². The minimum absolute atomic E-state index is 0.307. The van der Waals surface area contributed by atoms with E-state index in [4.69, 9.17) is 32.7 Å². The molecule has 0 radical (unpaired) electrons. The van der Waals surface area contributed by atoms with E-state index in [9.17, 15) is 0 Å². The van der Waals surface area contributed by atoms with E-state index in [0.717, 1.165) is 11.1 Å². The average Bonchev–Trinajstić information content (AvgIpc) is 3.14. The SMILES string of the molecule is CCOc1cc(C=Nc2ncn[nH]2)ccc1OCc1ccc(Cl)cc1Cl. The quantitative estimate of drug-likeness (QED) is 0.585. The Morgan fingerprint density at radius 2 is 2.00 bits per heavy atom. The van der Waals surface area contributed by atoms with Gasteiger partial charge in [0.05, 0.1) is 6.61 Å². The lowest BCUT2D eigenvalue weighted by molar-refractivity contribution is 0.269. The molecule has 0 saturated heterocycles. The molecule has 1 heterocycles. The lowest BCUT2D eigenvalue weighted by Gasteiger charge is -2.13. The molecule has 0 aliphatic heterocycles. The molecule has 3 rings (SSSR count). The smallest absolute Gasteiger partial charge is 0.245 e. The Bertz CT molecular complexity index is 898. The van der Waals surface area contributed by atoms with Gasteiger partial charge in [-0.2, -0.15) is 10.1 Å². The molecular formula is C18H16Cl2N4O2. The van der Waals surface area contributed by atoms with Crippen LogP contribution in [0.3, 0.4) is 0 Å². The second kappa shape index (κ2) is 8.69. The van der Waals surface area contributed by atoms with Gasteiger partial charge < -0.3 is 9.47 Å². The first-order valence-electron chi connectivity index (χ1n) is 7.88. The maximum Gasteiger partial charge on any atom is 0.245 e. The number of aromatic nitrogens is 3. The number of nitrogens with one attached hydrogen (secondary N) is 1. The van der Waals surface area contributed by atoms with Crippen LogP contribution in [0.4, 0.5) is 5.95 Å². The standard InChI is InChI=1S/C18H16Cl2N4O2/c1-2-25-17-7-12(9-21-18-22-11-23-24-18)3-6-16(17)26-10-13-4-5-14(19)8-15(13)20/h3-9,11H,2,10H2,1H3,(H,22,23,24). The number of aliphatic imine (C=N–C) groups is 1. The Morgan fingerprint density at radius 3 is 2.73 bits per heavy atom. The van der Waals surface area contributed by atoms with E-state index in [1.165, 1.54) is 6.33 Å². The number of benzene rings is 2. The van der Waals surface area contributed by atoms with Gasteiger partial charge in [0, 0.05) is 21.8 Å². The number of ether oxygens (including phenoxy) is 2. The van der Waals surface area contributed by atoms with Crippen molar-refractivity contribution in [3.63, 3.8) is 0 Å². The fraction of sp³-hybridized carbons (Fsp3) is 0.167. The molecule has 2 aromatic carbocycles. The summed E-state index contributed by atoms with van der Waals surface area (Å²) in [5.74, 6) is 1.68. The topological polar surface area (TPSA) is 72.4 Å². The lowest BCUT2D eigenvalue weighted by Crippen LogP contribution is -2.01. The summed E-state index contributed by atoms with van der Waals surface area (Å²) < 4.78 is 11.6. The largest absolute Gasteiger partial charge is 0.490 e. The molecule has 1 N–H and O–H groups in total. The summed E-state index contributed by atoms with van der Waals surface area (Å²) in [5, 5.41) is 7.57. The minimum Gasteiger partial charge on any atom is -0.490 e. The van der Waals surface area contributed by atoms with Gasteiger partial charge in [0.2, 0.25) is 5.95 Å². The van der Waals surface area contributed by atoms with Crippen molar-refractivity contribution >= 4 is 35.4 Å². The molecule has 0 unspecified atom stereocenters. The van der Waals surface area contributed by atoms with Gasteiger partial charge in [-0.3, -0.25) is 0 Å². The van der Waals surface area contributed by atoms with Crippen molar-refractivity contribution in [1.29, 1.82) is 0 Å². The first-order valence-corrected chi connectivity index (χ1v) is 8.64. The average molecular weight is 391 g/mol. The third kappa shape index (κ3) is 4.74. The molecule has 0 aliphatic carbocycles. The highest BCUT2D eigenvalue weighted by Gasteiger charge is 2.08. The predicted molar refractivity (Wildman–Crippen MR) is 102 cm³/mol. The summed E-state index contributed by atoms with van der Waals surface area (Å²) in [7, 11) is 0. The molecule has 0 amide bonds. The van der Waals surface area contributed by atoms with Crippen LogP contribution < -0.4 is 9.47 Å². The zero-order valence-electron chi connectivity index (χ0n) is 13.9. The Kier molecular flexibility index (Phi) is 6.09. The van der Waals surface area contributed by atoms with Crippen LogP contribution in [0, 0.1) is 0 Å². The zero-order valence-corrected chi connectivity index (χ0v) is 15.5. The number of H-pyrrole nitrogens is 1. The molecule has 0 bridgehead atoms. The Morgan fingerprint density at radius 1 is 1.12 bits per heavy atom. The van der Waals surface area contributed by atoms with Gasteiger partial charge in [0.25, 0.3) is 0 Å². The van der Waals surface area contributed by atoms with Crippen LogP contribution in [0.25, 0.3) is 0 Å². The summed E-state index contributed by atoms with van der Waals surface area (Å²) in [5.41, 5.74) is 1.69. The summed E-state index contributed by atoms with van der Waals surface area (Å²) in [6.45, 7) is 2.73. The maximum atomic E-state index is 6.18. The van der Waals surface area contributed by atoms with E-state index < -0.39 is 0 Å². The van der Waals surface area contributed by atoms with E-state index >= 15 is 0 Å². The summed E-state index contributed by atoms with van der Waals surface area (Å²) >= 11 is 12.1. The van der Waals surface area contributed by atoms with Gasteiger partial charge in [0.1, 0.15) is 12.9 Å². The van der Waals surface area contributed by atoms with Crippen molar-refractivity contribution in [1.82, 2.24) is 15.2 Å². The molecule has 3 aromatic rings. The van der Waals surface area contributed by atoms with E-state index in [-0.39, 0.29) is 0 Å². The van der Waals surface area contributed by atoms with E-state index in [0.29, 0.717) is 40.7 Å². The van der Waals surface area contributed by atoms with E-state index in [1.54, 1.807) is 18.3 Å². The Hall–Kier alpha value is -2.57. The summed E-state index contributed by atoms with van der Waals surface area (Å²) in [6, 6.07) is 10.9. The molecule has 1 aromatic heterocycles. The van der Waals surface area contributed by atoms with Crippen LogP contribution in [0.5, 0.6) is 11.5 Å². The summed E-state index contributed by atoms with van der Waals surface area (Å²) in [4.78, 5) is 8.14. The van der Waals surface area contributed by atoms with Gasteiger partial charge in [-0.1, -0.05) is 29.3 Å². The number of halogens is 2. The predicted octanol–water partition coefficient (Wildman–Crippen LogP) is 4.84. The third-order valence-corrected chi connectivity index (χ3v) is 3.99. The van der Waals surface area contributed by atoms with Gasteiger partial charge >= 0.3 is 0 Å². The first kappa shape index (κ1) is 18.2. The Labute approximate surface area is 160 Å². The van der Waals surface area contributed by atoms with Crippen LogP contribution in [-0.4, -0.2) is 28.0 Å². The number of hydrogen-bond acceptors (Lipinski definition) is 5. The van der Waals surface area contributed by atoms with E-state index in [2.05, 4.69) is 20.2 Å². The van der Waals surface area contributed by atoms with Crippen molar-refractivity contribution in [3.8, 4) is 11.5 Å². The van der Waals surface area contributed by atoms with Crippen molar-refractivity contribution in [3.05, 3.63) is 63.9 Å². The molecule has 0 fully saturated rings. The number of rotatable bonds is 7. The second-order valence-electron chi connectivity index (χ2n) is 5.23. The van der Waals surface area contributed by atoms with Crippen molar-refractivity contribution in [2.24, 2.45) is 4.99 Å². The molecule has 0 saturated carbocycles. The minimum atomic E-state index is 0.307. The van der Waals surface area contributed by atoms with Crippen LogP contribution >= 0.6 is 23.2 Å². The highest BCUT2D eigenvalue weighted by Crippen LogP contribution is 2.30. The highest BCUT2D eigenvalue weighted by molar-refractivity contribution is 6.35.